The van der Waals surface area contributed by atoms with Gasteiger partial charge in [-0.15, -0.1) is 0 Å². The molecule has 42 heavy (non-hydrogen) atoms. The van der Waals surface area contributed by atoms with Crippen molar-refractivity contribution in [1.29, 1.82) is 0 Å². The summed E-state index contributed by atoms with van der Waals surface area (Å²) in [6, 6.07) is 17.6. The number of likely N-dealkylation sites (tertiary alicyclic amines) is 1. The molecular formula is C33H38N2O7. The summed E-state index contributed by atoms with van der Waals surface area (Å²) in [5.41, 5.74) is 2.76. The Bertz CT molecular complexity index is 1440. The number of Topliss-reactive ketones (excluding diaryl/α,β-unsaturated/α-hetero) is 1. The van der Waals surface area contributed by atoms with Crippen molar-refractivity contribution >= 4 is 17.4 Å². The molecule has 0 radical (unpaired) electrons. The number of carbonyl (C=O) groups is 2. The van der Waals surface area contributed by atoms with Crippen molar-refractivity contribution in [2.24, 2.45) is 0 Å². The molecule has 1 heterocycles. The van der Waals surface area contributed by atoms with Gasteiger partial charge in [0.1, 0.15) is 18.1 Å². The van der Waals surface area contributed by atoms with E-state index in [1.54, 1.807) is 30.3 Å². The van der Waals surface area contributed by atoms with Gasteiger partial charge in [-0.2, -0.15) is 0 Å². The summed E-state index contributed by atoms with van der Waals surface area (Å²) in [6.07, 6.45) is 0.632. The summed E-state index contributed by atoms with van der Waals surface area (Å²) in [5, 5.41) is 11.6. The Hall–Kier alpha value is -4.50. The van der Waals surface area contributed by atoms with Gasteiger partial charge in [-0.3, -0.25) is 9.59 Å². The van der Waals surface area contributed by atoms with Crippen molar-refractivity contribution in [3.05, 3.63) is 88.5 Å². The highest BCUT2D eigenvalue weighted by Crippen LogP contribution is 2.46. The largest absolute Gasteiger partial charge is 0.507 e. The van der Waals surface area contributed by atoms with E-state index in [1.807, 2.05) is 56.3 Å². The number of aliphatic hydroxyl groups excluding tert-OH is 1. The number of aryl methyl sites for hydroxylation is 1. The van der Waals surface area contributed by atoms with Crippen LogP contribution in [0.25, 0.3) is 5.76 Å². The van der Waals surface area contributed by atoms with E-state index in [-0.39, 0.29) is 11.3 Å². The molecule has 0 spiro atoms. The number of benzene rings is 3. The third-order valence-corrected chi connectivity index (χ3v) is 7.23. The maximum atomic E-state index is 13.5. The first kappa shape index (κ1) is 30.5. The SMILES string of the molecule is COc1cc([C@@H]2C(=C(O)c3ccc(OCc4ccccc4)c(C)c3)C(=O)C(=O)N2CCCN(C)C)cc(OC)c1OC. The van der Waals surface area contributed by atoms with Crippen LogP contribution in [0.15, 0.2) is 66.2 Å². The Morgan fingerprint density at radius 3 is 2.14 bits per heavy atom. The fraction of sp³-hybridized carbons (Fsp3) is 0.333. The van der Waals surface area contributed by atoms with Crippen LogP contribution in [-0.4, -0.2) is 75.1 Å². The highest BCUT2D eigenvalue weighted by Gasteiger charge is 2.46. The van der Waals surface area contributed by atoms with Gasteiger partial charge >= 0.3 is 0 Å². The molecule has 0 saturated carbocycles. The van der Waals surface area contributed by atoms with Crippen LogP contribution >= 0.6 is 0 Å². The normalized spacial score (nSPS) is 16.2. The number of hydrogen-bond acceptors (Lipinski definition) is 8. The second-order valence-electron chi connectivity index (χ2n) is 10.4. The highest BCUT2D eigenvalue weighted by atomic mass is 16.5. The Kier molecular flexibility index (Phi) is 9.75. The minimum atomic E-state index is -0.866. The van der Waals surface area contributed by atoms with Crippen molar-refractivity contribution in [3.63, 3.8) is 0 Å². The lowest BCUT2D eigenvalue weighted by molar-refractivity contribution is -0.139. The van der Waals surface area contributed by atoms with Gasteiger partial charge in [-0.05, 0) is 81.0 Å². The standard InChI is InChI=1S/C33H38N2O7/c1-21-17-23(13-14-25(21)42-20-22-11-8-7-9-12-22)30(36)28-29(35(33(38)31(28)37)16-10-15-34(2)3)24-18-26(39-4)32(41-6)27(19-24)40-5/h7-9,11-14,17-19,29,36H,10,15-16,20H2,1-6H3/t29-/m1/s1. The van der Waals surface area contributed by atoms with E-state index in [1.165, 1.54) is 26.2 Å². The molecule has 1 N–H and O–H groups in total. The lowest BCUT2D eigenvalue weighted by Gasteiger charge is -2.27. The van der Waals surface area contributed by atoms with Crippen molar-refractivity contribution in [1.82, 2.24) is 9.80 Å². The van der Waals surface area contributed by atoms with Crippen LogP contribution < -0.4 is 18.9 Å². The Balaban J connectivity index is 1.77. The molecule has 0 bridgehead atoms. The number of methoxy groups -OCH3 is 3. The predicted molar refractivity (Wildman–Crippen MR) is 160 cm³/mol. The molecule has 222 valence electrons. The zero-order valence-electron chi connectivity index (χ0n) is 25.0. The first-order valence-electron chi connectivity index (χ1n) is 13.7. The second kappa shape index (κ2) is 13.4. The summed E-state index contributed by atoms with van der Waals surface area (Å²) >= 11 is 0. The van der Waals surface area contributed by atoms with Gasteiger partial charge < -0.3 is 33.9 Å². The summed E-state index contributed by atoms with van der Waals surface area (Å²) in [5.74, 6) is 0.102. The molecule has 1 fully saturated rings. The fourth-order valence-electron chi connectivity index (χ4n) is 5.12. The quantitative estimate of drug-likeness (QED) is 0.184. The zero-order chi connectivity index (χ0) is 30.4. The molecule has 3 aromatic carbocycles. The molecule has 3 aromatic rings. The van der Waals surface area contributed by atoms with Crippen LogP contribution in [0.2, 0.25) is 0 Å². The zero-order valence-corrected chi connectivity index (χ0v) is 25.0. The number of hydrogen-bond donors (Lipinski definition) is 1. The molecule has 1 amide bonds. The van der Waals surface area contributed by atoms with Crippen LogP contribution in [0.1, 0.15) is 34.7 Å². The summed E-state index contributed by atoms with van der Waals surface area (Å²) in [6.45, 7) is 3.29. The maximum absolute atomic E-state index is 13.5. The number of aliphatic hydroxyl groups is 1. The van der Waals surface area contributed by atoms with Gasteiger partial charge in [-0.25, -0.2) is 0 Å². The van der Waals surface area contributed by atoms with Crippen LogP contribution in [0.5, 0.6) is 23.0 Å². The number of amides is 1. The minimum absolute atomic E-state index is 0.00326. The topological polar surface area (TPSA) is 97.8 Å². The smallest absolute Gasteiger partial charge is 0.295 e. The molecule has 4 rings (SSSR count). The van der Waals surface area contributed by atoms with Crippen LogP contribution in [0.3, 0.4) is 0 Å². The molecule has 1 saturated heterocycles. The van der Waals surface area contributed by atoms with E-state index in [4.69, 9.17) is 18.9 Å². The van der Waals surface area contributed by atoms with E-state index in [0.29, 0.717) is 60.2 Å². The Morgan fingerprint density at radius 1 is 0.905 bits per heavy atom. The van der Waals surface area contributed by atoms with Gasteiger partial charge in [0.15, 0.2) is 11.5 Å². The summed E-state index contributed by atoms with van der Waals surface area (Å²) in [4.78, 5) is 30.4. The maximum Gasteiger partial charge on any atom is 0.295 e. The van der Waals surface area contributed by atoms with Crippen LogP contribution in [0.4, 0.5) is 0 Å². The monoisotopic (exact) mass is 574 g/mol. The minimum Gasteiger partial charge on any atom is -0.507 e. The number of ketones is 1. The summed E-state index contributed by atoms with van der Waals surface area (Å²) < 4.78 is 22.6. The van der Waals surface area contributed by atoms with Gasteiger partial charge in [0, 0.05) is 12.1 Å². The van der Waals surface area contributed by atoms with E-state index >= 15 is 0 Å². The molecule has 9 heteroatoms. The van der Waals surface area contributed by atoms with Gasteiger partial charge in [-0.1, -0.05) is 30.3 Å². The van der Waals surface area contributed by atoms with Crippen LogP contribution in [-0.2, 0) is 16.2 Å². The third kappa shape index (κ3) is 6.36. The van der Waals surface area contributed by atoms with Gasteiger partial charge in [0.05, 0.1) is 32.9 Å². The van der Waals surface area contributed by atoms with Gasteiger partial charge in [0.2, 0.25) is 5.75 Å². The number of nitrogens with zero attached hydrogens (tertiary/aromatic N) is 2. The highest BCUT2D eigenvalue weighted by molar-refractivity contribution is 6.46. The number of carbonyl (C=O) groups excluding carboxylic acids is 2. The Labute approximate surface area is 246 Å². The Morgan fingerprint density at radius 2 is 1.57 bits per heavy atom. The van der Waals surface area contributed by atoms with Crippen molar-refractivity contribution in [2.45, 2.75) is 26.0 Å². The first-order chi connectivity index (χ1) is 20.2. The van der Waals surface area contributed by atoms with E-state index < -0.39 is 17.7 Å². The molecular weight excluding hydrogens is 536 g/mol. The van der Waals surface area contributed by atoms with E-state index in [0.717, 1.165) is 11.1 Å². The molecule has 0 aromatic heterocycles. The second-order valence-corrected chi connectivity index (χ2v) is 10.4. The average molecular weight is 575 g/mol. The number of rotatable bonds is 12. The molecule has 1 aliphatic heterocycles. The van der Waals surface area contributed by atoms with Crippen LogP contribution in [0, 0.1) is 6.92 Å². The first-order valence-corrected chi connectivity index (χ1v) is 13.7. The lowest BCUT2D eigenvalue weighted by atomic mass is 9.94. The average Bonchev–Trinajstić information content (AvgIpc) is 3.24. The molecule has 0 aliphatic carbocycles. The molecule has 9 nitrogen and oxygen atoms in total. The van der Waals surface area contributed by atoms with E-state index in [9.17, 15) is 14.7 Å². The molecule has 1 aliphatic rings. The predicted octanol–water partition coefficient (Wildman–Crippen LogP) is 4.97. The third-order valence-electron chi connectivity index (χ3n) is 7.23. The summed E-state index contributed by atoms with van der Waals surface area (Å²) in [7, 11) is 8.39. The van der Waals surface area contributed by atoms with E-state index in [2.05, 4.69) is 0 Å². The fourth-order valence-corrected chi connectivity index (χ4v) is 5.12. The van der Waals surface area contributed by atoms with Crippen molar-refractivity contribution in [3.8, 4) is 23.0 Å². The number of ether oxygens (including phenoxy) is 4. The van der Waals surface area contributed by atoms with Gasteiger partial charge in [0.25, 0.3) is 11.7 Å². The lowest BCUT2D eigenvalue weighted by Crippen LogP contribution is -2.32. The van der Waals surface area contributed by atoms with Crippen molar-refractivity contribution in [2.75, 3.05) is 48.5 Å². The van der Waals surface area contributed by atoms with Crippen molar-refractivity contribution < 1.29 is 33.6 Å². The molecule has 1 atom stereocenters. The molecule has 0 unspecified atom stereocenters.